The van der Waals surface area contributed by atoms with Crippen LogP contribution < -0.4 is 10.6 Å². The number of hydrogen-bond acceptors (Lipinski definition) is 3. The zero-order chi connectivity index (χ0) is 16.9. The molecule has 1 amide bonds. The molecule has 120 valence electrons. The third kappa shape index (κ3) is 4.08. The Morgan fingerprint density at radius 2 is 1.58 bits per heavy atom. The summed E-state index contributed by atoms with van der Waals surface area (Å²) in [5.74, 6) is -0.683. The van der Waals surface area contributed by atoms with Crippen molar-refractivity contribution in [3.05, 3.63) is 83.4 Å². The Balaban J connectivity index is 1.73. The molecule has 0 saturated heterocycles. The molecule has 1 aromatic heterocycles. The smallest absolute Gasteiger partial charge is 0.257 e. The molecular weight excluding hydrogens is 329 g/mol. The van der Waals surface area contributed by atoms with Gasteiger partial charge in [0, 0.05) is 22.6 Å². The lowest BCUT2D eigenvalue weighted by atomic mass is 10.2. The van der Waals surface area contributed by atoms with Gasteiger partial charge in [-0.3, -0.25) is 9.78 Å². The maximum Gasteiger partial charge on any atom is 0.257 e. The molecule has 0 aliphatic rings. The van der Waals surface area contributed by atoms with Crippen molar-refractivity contribution in [1.29, 1.82) is 0 Å². The third-order valence-electron chi connectivity index (χ3n) is 3.24. The van der Waals surface area contributed by atoms with Gasteiger partial charge in [0.2, 0.25) is 0 Å². The van der Waals surface area contributed by atoms with Crippen LogP contribution in [-0.2, 0) is 0 Å². The molecule has 0 bridgehead atoms. The average molecular weight is 342 g/mol. The van der Waals surface area contributed by atoms with Crippen molar-refractivity contribution in [2.75, 3.05) is 10.6 Å². The largest absolute Gasteiger partial charge is 0.354 e. The first kappa shape index (κ1) is 16.0. The van der Waals surface area contributed by atoms with Gasteiger partial charge in [-0.15, -0.1) is 0 Å². The van der Waals surface area contributed by atoms with E-state index in [1.54, 1.807) is 24.4 Å². The Labute approximate surface area is 143 Å². The predicted molar refractivity (Wildman–Crippen MR) is 93.3 cm³/mol. The molecule has 0 unspecified atom stereocenters. The van der Waals surface area contributed by atoms with E-state index in [0.717, 1.165) is 5.69 Å². The molecule has 6 heteroatoms. The van der Waals surface area contributed by atoms with E-state index in [4.69, 9.17) is 11.6 Å². The molecule has 0 spiro atoms. The first-order chi connectivity index (χ1) is 11.6. The number of nitrogens with one attached hydrogen (secondary N) is 2. The minimum absolute atomic E-state index is 0.325. The van der Waals surface area contributed by atoms with Crippen LogP contribution in [0.15, 0.2) is 67.0 Å². The van der Waals surface area contributed by atoms with Crippen LogP contribution in [0.4, 0.5) is 21.5 Å². The molecule has 0 aliphatic heterocycles. The van der Waals surface area contributed by atoms with E-state index in [1.165, 1.54) is 30.5 Å². The van der Waals surface area contributed by atoms with Gasteiger partial charge in [-0.25, -0.2) is 4.39 Å². The Bertz CT molecular complexity index is 851. The molecule has 0 fully saturated rings. The molecule has 3 rings (SSSR count). The van der Waals surface area contributed by atoms with E-state index in [9.17, 15) is 9.18 Å². The number of amides is 1. The summed E-state index contributed by atoms with van der Waals surface area (Å²) in [4.78, 5) is 16.3. The fraction of sp³-hybridized carbons (Fsp3) is 0. The van der Waals surface area contributed by atoms with Gasteiger partial charge in [-0.2, -0.15) is 0 Å². The van der Waals surface area contributed by atoms with Gasteiger partial charge in [0.05, 0.1) is 17.4 Å². The van der Waals surface area contributed by atoms with Crippen LogP contribution >= 0.6 is 11.6 Å². The van der Waals surface area contributed by atoms with Gasteiger partial charge in [-0.1, -0.05) is 11.6 Å². The minimum atomic E-state index is -0.358. The van der Waals surface area contributed by atoms with Crippen LogP contribution in [0.3, 0.4) is 0 Å². The Kier molecular flexibility index (Phi) is 4.72. The quantitative estimate of drug-likeness (QED) is 0.711. The summed E-state index contributed by atoms with van der Waals surface area (Å²) in [6, 6.07) is 14.4. The average Bonchev–Trinajstić information content (AvgIpc) is 2.59. The lowest BCUT2D eigenvalue weighted by molar-refractivity contribution is 0.102. The Hall–Kier alpha value is -2.92. The van der Waals surface area contributed by atoms with Gasteiger partial charge < -0.3 is 10.6 Å². The van der Waals surface area contributed by atoms with Gasteiger partial charge in [0.15, 0.2) is 0 Å². The summed E-state index contributed by atoms with van der Waals surface area (Å²) in [6.07, 6.45) is 3.08. The van der Waals surface area contributed by atoms with Crippen molar-refractivity contribution < 1.29 is 9.18 Å². The second-order valence-electron chi connectivity index (χ2n) is 5.06. The first-order valence-electron chi connectivity index (χ1n) is 7.15. The number of carbonyl (C=O) groups excluding carboxylic acids is 1. The number of hydrogen-bond donors (Lipinski definition) is 2. The highest BCUT2D eigenvalue weighted by atomic mass is 35.5. The second-order valence-corrected chi connectivity index (χ2v) is 5.49. The molecule has 1 heterocycles. The summed E-state index contributed by atoms with van der Waals surface area (Å²) in [5, 5.41) is 6.48. The number of halogens is 2. The summed E-state index contributed by atoms with van der Waals surface area (Å²) >= 11 is 5.85. The standard InChI is InChI=1S/C18H13ClFN3O/c19-13-1-5-15(6-2-13)22-17-9-12(10-21-11-17)18(24)23-16-7-3-14(20)4-8-16/h1-11,22H,(H,23,24). The number of benzene rings is 2. The van der Waals surface area contributed by atoms with Crippen molar-refractivity contribution >= 4 is 34.6 Å². The number of anilines is 3. The number of pyridine rings is 1. The van der Waals surface area contributed by atoms with Crippen LogP contribution in [0.1, 0.15) is 10.4 Å². The van der Waals surface area contributed by atoms with E-state index in [1.807, 2.05) is 12.1 Å². The molecule has 0 radical (unpaired) electrons. The SMILES string of the molecule is O=C(Nc1ccc(F)cc1)c1cncc(Nc2ccc(Cl)cc2)c1. The highest BCUT2D eigenvalue weighted by Crippen LogP contribution is 2.19. The zero-order valence-electron chi connectivity index (χ0n) is 12.5. The molecule has 24 heavy (non-hydrogen) atoms. The lowest BCUT2D eigenvalue weighted by Gasteiger charge is -2.09. The van der Waals surface area contributed by atoms with Gasteiger partial charge >= 0.3 is 0 Å². The van der Waals surface area contributed by atoms with Crippen molar-refractivity contribution in [2.45, 2.75) is 0 Å². The Morgan fingerprint density at radius 1 is 0.917 bits per heavy atom. The third-order valence-corrected chi connectivity index (χ3v) is 3.49. The zero-order valence-corrected chi connectivity index (χ0v) is 13.2. The molecule has 0 aliphatic carbocycles. The molecule has 0 saturated carbocycles. The lowest BCUT2D eigenvalue weighted by Crippen LogP contribution is -2.12. The van der Waals surface area contributed by atoms with Gasteiger partial charge in [-0.05, 0) is 54.6 Å². The van der Waals surface area contributed by atoms with Crippen LogP contribution in [-0.4, -0.2) is 10.9 Å². The van der Waals surface area contributed by atoms with E-state index >= 15 is 0 Å². The normalized spacial score (nSPS) is 10.2. The van der Waals surface area contributed by atoms with E-state index < -0.39 is 0 Å². The van der Waals surface area contributed by atoms with Crippen molar-refractivity contribution in [1.82, 2.24) is 4.98 Å². The summed E-state index contributed by atoms with van der Waals surface area (Å²) < 4.78 is 12.9. The first-order valence-corrected chi connectivity index (χ1v) is 7.52. The maximum atomic E-state index is 12.9. The monoisotopic (exact) mass is 341 g/mol. The molecule has 2 N–H and O–H groups in total. The fourth-order valence-electron chi connectivity index (χ4n) is 2.07. The highest BCUT2D eigenvalue weighted by molar-refractivity contribution is 6.30. The molecule has 4 nitrogen and oxygen atoms in total. The van der Waals surface area contributed by atoms with E-state index in [-0.39, 0.29) is 11.7 Å². The topological polar surface area (TPSA) is 54.0 Å². The summed E-state index contributed by atoms with van der Waals surface area (Å²) in [5.41, 5.74) is 2.40. The van der Waals surface area contributed by atoms with E-state index in [0.29, 0.717) is 22.0 Å². The molecular formula is C18H13ClFN3O. The number of nitrogens with zero attached hydrogens (tertiary/aromatic N) is 1. The van der Waals surface area contributed by atoms with Crippen LogP contribution in [0, 0.1) is 5.82 Å². The molecule has 2 aromatic carbocycles. The number of rotatable bonds is 4. The minimum Gasteiger partial charge on any atom is -0.354 e. The maximum absolute atomic E-state index is 12.9. The van der Waals surface area contributed by atoms with Crippen LogP contribution in [0.5, 0.6) is 0 Å². The van der Waals surface area contributed by atoms with Crippen molar-refractivity contribution in [3.8, 4) is 0 Å². The van der Waals surface area contributed by atoms with Crippen LogP contribution in [0.25, 0.3) is 0 Å². The highest BCUT2D eigenvalue weighted by Gasteiger charge is 2.08. The van der Waals surface area contributed by atoms with Crippen LogP contribution in [0.2, 0.25) is 5.02 Å². The summed E-state index contributed by atoms with van der Waals surface area (Å²) in [7, 11) is 0. The van der Waals surface area contributed by atoms with Crippen molar-refractivity contribution in [2.24, 2.45) is 0 Å². The second kappa shape index (κ2) is 7.10. The van der Waals surface area contributed by atoms with Crippen molar-refractivity contribution in [3.63, 3.8) is 0 Å². The van der Waals surface area contributed by atoms with Gasteiger partial charge in [0.1, 0.15) is 5.82 Å². The summed E-state index contributed by atoms with van der Waals surface area (Å²) in [6.45, 7) is 0. The fourth-order valence-corrected chi connectivity index (χ4v) is 2.19. The van der Waals surface area contributed by atoms with E-state index in [2.05, 4.69) is 15.6 Å². The van der Waals surface area contributed by atoms with Gasteiger partial charge in [0.25, 0.3) is 5.91 Å². The predicted octanol–water partition coefficient (Wildman–Crippen LogP) is 4.87. The molecule has 0 atom stereocenters. The number of carbonyl (C=O) groups is 1. The molecule has 3 aromatic rings. The number of aromatic nitrogens is 1. The Morgan fingerprint density at radius 3 is 2.29 bits per heavy atom.